The number of thiazole rings is 1. The summed E-state index contributed by atoms with van der Waals surface area (Å²) in [5.41, 5.74) is 3.78. The Balaban J connectivity index is 1.28. The second-order valence-corrected chi connectivity index (χ2v) is 8.69. The maximum atomic E-state index is 12.9. The smallest absolute Gasteiger partial charge is 0.275 e. The molecule has 1 aliphatic heterocycles. The van der Waals surface area contributed by atoms with Crippen LogP contribution < -0.4 is 10.2 Å². The number of anilines is 2. The van der Waals surface area contributed by atoms with Gasteiger partial charge < -0.3 is 10.2 Å². The van der Waals surface area contributed by atoms with Gasteiger partial charge in [-0.25, -0.2) is 4.98 Å². The lowest BCUT2D eigenvalue weighted by Crippen LogP contribution is -2.28. The zero-order chi connectivity index (χ0) is 20.5. The van der Waals surface area contributed by atoms with Crippen LogP contribution in [0.5, 0.6) is 0 Å². The Bertz CT molecular complexity index is 1210. The lowest BCUT2D eigenvalue weighted by atomic mass is 10.1. The molecule has 0 unspecified atom stereocenters. The van der Waals surface area contributed by atoms with E-state index < -0.39 is 0 Å². The Morgan fingerprint density at radius 2 is 1.80 bits per heavy atom. The molecule has 30 heavy (non-hydrogen) atoms. The van der Waals surface area contributed by atoms with Crippen molar-refractivity contribution in [2.24, 2.45) is 0 Å². The van der Waals surface area contributed by atoms with Crippen molar-refractivity contribution in [3.8, 4) is 9.88 Å². The molecule has 148 valence electrons. The van der Waals surface area contributed by atoms with Crippen molar-refractivity contribution in [3.63, 3.8) is 0 Å². The van der Waals surface area contributed by atoms with Crippen LogP contribution in [0, 0.1) is 0 Å². The number of carbonyl (C=O) groups is 2. The number of aromatic nitrogens is 1. The van der Waals surface area contributed by atoms with E-state index in [4.69, 9.17) is 0 Å². The molecule has 5 rings (SSSR count). The highest BCUT2D eigenvalue weighted by Crippen LogP contribution is 2.30. The van der Waals surface area contributed by atoms with E-state index in [1.165, 1.54) is 16.9 Å². The van der Waals surface area contributed by atoms with Crippen LogP contribution in [0.1, 0.15) is 26.4 Å². The first-order chi connectivity index (χ1) is 14.7. The van der Waals surface area contributed by atoms with E-state index in [0.717, 1.165) is 22.0 Å². The SMILES string of the molecule is O=C(Nc1ccc(C(=O)N2CCc3ccccc32)cc1)c1csc(-c2cccs2)n1. The van der Waals surface area contributed by atoms with E-state index in [9.17, 15) is 9.59 Å². The first kappa shape index (κ1) is 18.7. The second kappa shape index (κ2) is 7.85. The number of nitrogens with one attached hydrogen (secondary N) is 1. The summed E-state index contributed by atoms with van der Waals surface area (Å²) in [4.78, 5) is 32.7. The number of nitrogens with zero attached hydrogens (tertiary/aromatic N) is 2. The summed E-state index contributed by atoms with van der Waals surface area (Å²) in [5.74, 6) is -0.292. The highest BCUT2D eigenvalue weighted by Gasteiger charge is 2.25. The summed E-state index contributed by atoms with van der Waals surface area (Å²) in [6.45, 7) is 0.688. The number of hydrogen-bond acceptors (Lipinski definition) is 5. The minimum atomic E-state index is -0.262. The molecule has 1 aliphatic rings. The zero-order valence-corrected chi connectivity index (χ0v) is 17.5. The fourth-order valence-corrected chi connectivity index (χ4v) is 5.10. The normalized spacial score (nSPS) is 12.6. The average molecular weight is 432 g/mol. The van der Waals surface area contributed by atoms with Crippen LogP contribution in [0.3, 0.4) is 0 Å². The quantitative estimate of drug-likeness (QED) is 0.475. The van der Waals surface area contributed by atoms with Crippen LogP contribution in [-0.2, 0) is 6.42 Å². The van der Waals surface area contributed by atoms with Crippen LogP contribution >= 0.6 is 22.7 Å². The summed E-state index contributed by atoms with van der Waals surface area (Å²) >= 11 is 3.05. The molecule has 3 heterocycles. The van der Waals surface area contributed by atoms with Crippen molar-refractivity contribution >= 4 is 45.9 Å². The molecule has 7 heteroatoms. The Kier molecular flexibility index (Phi) is 4.90. The predicted octanol–water partition coefficient (Wildman–Crippen LogP) is 5.33. The summed E-state index contributed by atoms with van der Waals surface area (Å²) < 4.78 is 0. The monoisotopic (exact) mass is 431 g/mol. The van der Waals surface area contributed by atoms with Crippen molar-refractivity contribution in [3.05, 3.63) is 88.2 Å². The molecule has 5 nitrogen and oxygen atoms in total. The fraction of sp³-hybridized carbons (Fsp3) is 0.0870. The van der Waals surface area contributed by atoms with E-state index >= 15 is 0 Å². The van der Waals surface area contributed by atoms with Gasteiger partial charge in [-0.2, -0.15) is 0 Å². The summed E-state index contributed by atoms with van der Waals surface area (Å²) in [6.07, 6.45) is 0.872. The molecule has 0 bridgehead atoms. The Morgan fingerprint density at radius 1 is 0.967 bits per heavy atom. The van der Waals surface area contributed by atoms with Crippen molar-refractivity contribution in [2.45, 2.75) is 6.42 Å². The van der Waals surface area contributed by atoms with Crippen molar-refractivity contribution in [2.75, 3.05) is 16.8 Å². The standard InChI is InChI=1S/C23H17N3O2S2/c27-21(18-14-30-22(25-18)20-6-3-13-29-20)24-17-9-7-16(8-10-17)23(28)26-12-11-15-4-1-2-5-19(15)26/h1-10,13-14H,11-12H2,(H,24,27). The van der Waals surface area contributed by atoms with Crippen LogP contribution in [0.4, 0.5) is 11.4 Å². The van der Waals surface area contributed by atoms with E-state index in [1.54, 1.807) is 41.0 Å². The van der Waals surface area contributed by atoms with Gasteiger partial charge in [0.1, 0.15) is 10.7 Å². The van der Waals surface area contributed by atoms with Crippen molar-refractivity contribution in [1.82, 2.24) is 4.98 Å². The minimum absolute atomic E-state index is 0.0297. The van der Waals surface area contributed by atoms with E-state index in [0.29, 0.717) is 23.5 Å². The molecule has 0 radical (unpaired) electrons. The van der Waals surface area contributed by atoms with Gasteiger partial charge in [-0.3, -0.25) is 9.59 Å². The Labute approximate surface area is 181 Å². The molecule has 2 aromatic heterocycles. The van der Waals surface area contributed by atoms with E-state index in [-0.39, 0.29) is 11.8 Å². The van der Waals surface area contributed by atoms with Crippen molar-refractivity contribution in [1.29, 1.82) is 0 Å². The lowest BCUT2D eigenvalue weighted by Gasteiger charge is -2.17. The topological polar surface area (TPSA) is 62.3 Å². The van der Waals surface area contributed by atoms with Gasteiger partial charge in [-0.1, -0.05) is 24.3 Å². The maximum Gasteiger partial charge on any atom is 0.275 e. The molecular formula is C23H17N3O2S2. The Hall–Kier alpha value is -3.29. The number of fused-ring (bicyclic) bond motifs is 1. The van der Waals surface area contributed by atoms with Gasteiger partial charge in [0.2, 0.25) is 0 Å². The predicted molar refractivity (Wildman–Crippen MR) is 122 cm³/mol. The highest BCUT2D eigenvalue weighted by molar-refractivity contribution is 7.20. The lowest BCUT2D eigenvalue weighted by molar-refractivity contribution is 0.0988. The largest absolute Gasteiger partial charge is 0.321 e. The number of benzene rings is 2. The molecule has 0 fully saturated rings. The molecule has 4 aromatic rings. The van der Waals surface area contributed by atoms with Gasteiger partial charge in [0.05, 0.1) is 4.88 Å². The van der Waals surface area contributed by atoms with Gasteiger partial charge >= 0.3 is 0 Å². The van der Waals surface area contributed by atoms with Gasteiger partial charge in [0.25, 0.3) is 11.8 Å². The third-order valence-corrected chi connectivity index (χ3v) is 6.87. The number of hydrogen-bond donors (Lipinski definition) is 1. The summed E-state index contributed by atoms with van der Waals surface area (Å²) in [6, 6.07) is 18.9. The highest BCUT2D eigenvalue weighted by atomic mass is 32.1. The molecule has 1 N–H and O–H groups in total. The molecule has 0 saturated heterocycles. The number of rotatable bonds is 4. The van der Waals surface area contributed by atoms with Crippen LogP contribution in [0.2, 0.25) is 0 Å². The van der Waals surface area contributed by atoms with E-state index in [2.05, 4.69) is 16.4 Å². The third-order valence-electron chi connectivity index (χ3n) is 4.99. The van der Waals surface area contributed by atoms with E-state index in [1.807, 2.05) is 40.6 Å². The first-order valence-electron chi connectivity index (χ1n) is 9.49. The third kappa shape index (κ3) is 3.53. The molecular weight excluding hydrogens is 414 g/mol. The molecule has 0 saturated carbocycles. The summed E-state index contributed by atoms with van der Waals surface area (Å²) in [7, 11) is 0. The van der Waals surface area contributed by atoms with Gasteiger partial charge in [-0.05, 0) is 53.8 Å². The molecule has 0 aliphatic carbocycles. The first-order valence-corrected chi connectivity index (χ1v) is 11.3. The molecule has 2 aromatic carbocycles. The average Bonchev–Trinajstić information content (AvgIpc) is 3.54. The number of thiophene rings is 1. The molecule has 2 amide bonds. The Morgan fingerprint density at radius 3 is 2.60 bits per heavy atom. The van der Waals surface area contributed by atoms with Crippen LogP contribution in [0.25, 0.3) is 9.88 Å². The minimum Gasteiger partial charge on any atom is -0.321 e. The fourth-order valence-electron chi connectivity index (χ4n) is 3.49. The number of para-hydroxylation sites is 1. The summed E-state index contributed by atoms with van der Waals surface area (Å²) in [5, 5.41) is 7.43. The van der Waals surface area contributed by atoms with Crippen LogP contribution in [0.15, 0.2) is 71.4 Å². The van der Waals surface area contributed by atoms with Gasteiger partial charge in [0, 0.05) is 28.9 Å². The maximum absolute atomic E-state index is 12.9. The molecule has 0 spiro atoms. The zero-order valence-electron chi connectivity index (χ0n) is 15.9. The second-order valence-electron chi connectivity index (χ2n) is 6.88. The number of carbonyl (C=O) groups excluding carboxylic acids is 2. The number of amides is 2. The van der Waals surface area contributed by atoms with Gasteiger partial charge in [-0.15, -0.1) is 22.7 Å². The van der Waals surface area contributed by atoms with Gasteiger partial charge in [0.15, 0.2) is 0 Å². The molecule has 0 atom stereocenters. The van der Waals surface area contributed by atoms with Crippen molar-refractivity contribution < 1.29 is 9.59 Å². The van der Waals surface area contributed by atoms with Crippen LogP contribution in [-0.4, -0.2) is 23.3 Å².